The van der Waals surface area contributed by atoms with Crippen molar-refractivity contribution in [3.8, 4) is 0 Å². The first kappa shape index (κ1) is 17.3. The van der Waals surface area contributed by atoms with E-state index in [0.717, 1.165) is 27.5 Å². The summed E-state index contributed by atoms with van der Waals surface area (Å²) < 4.78 is 16.9. The van der Waals surface area contributed by atoms with Crippen LogP contribution in [0.3, 0.4) is 0 Å². The maximum atomic E-state index is 13.1. The van der Waals surface area contributed by atoms with E-state index in [1.54, 1.807) is 11.1 Å². The molecule has 0 radical (unpaired) electrons. The maximum absolute atomic E-state index is 13.1. The topological polar surface area (TPSA) is 43.1 Å². The molecular weight excluding hydrogens is 343 g/mol. The lowest BCUT2D eigenvalue weighted by Crippen LogP contribution is -2.35. The molecule has 2 heterocycles. The number of amides is 1. The average molecular weight is 364 g/mol. The van der Waals surface area contributed by atoms with Crippen molar-refractivity contribution >= 4 is 27.8 Å². The van der Waals surface area contributed by atoms with Crippen LogP contribution in [0.5, 0.6) is 0 Å². The third-order valence-corrected chi connectivity index (χ3v) is 4.88. The van der Waals surface area contributed by atoms with Crippen molar-refractivity contribution in [3.05, 3.63) is 66.4 Å². The summed E-state index contributed by atoms with van der Waals surface area (Å²) in [7, 11) is 1.89. The van der Waals surface area contributed by atoms with Crippen LogP contribution in [-0.2, 0) is 24.9 Å². The van der Waals surface area contributed by atoms with Gasteiger partial charge in [-0.25, -0.2) is 4.39 Å². The van der Waals surface area contributed by atoms with Gasteiger partial charge in [0.2, 0.25) is 5.91 Å². The molecular formula is C21H21FN4O. The van der Waals surface area contributed by atoms with Crippen LogP contribution in [0.2, 0.25) is 0 Å². The first-order valence-electron chi connectivity index (χ1n) is 8.95. The van der Waals surface area contributed by atoms with Gasteiger partial charge in [0, 0.05) is 25.5 Å². The van der Waals surface area contributed by atoms with Crippen LogP contribution in [0.25, 0.3) is 21.9 Å². The maximum Gasteiger partial charge on any atom is 0.242 e. The van der Waals surface area contributed by atoms with E-state index in [0.29, 0.717) is 6.54 Å². The fraction of sp³-hybridized carbons (Fsp3) is 0.238. The van der Waals surface area contributed by atoms with Gasteiger partial charge in [0.1, 0.15) is 13.2 Å². The average Bonchev–Trinajstić information content (AvgIpc) is 3.21. The molecule has 2 aromatic carbocycles. The smallest absolute Gasteiger partial charge is 0.242 e. The summed E-state index contributed by atoms with van der Waals surface area (Å²) in [6, 6.07) is 17.6. The van der Waals surface area contributed by atoms with Crippen LogP contribution in [0.1, 0.15) is 5.56 Å². The summed E-state index contributed by atoms with van der Waals surface area (Å²) in [6.45, 7) is 0.0813. The second-order valence-corrected chi connectivity index (χ2v) is 6.60. The molecule has 6 heteroatoms. The number of para-hydroxylation sites is 1. The molecule has 0 aliphatic rings. The summed E-state index contributed by atoms with van der Waals surface area (Å²) >= 11 is 0. The SMILES string of the molecule is Cn1ncc2c1c1ccccc1n2CC(=O)N(CCF)Cc1ccccc1. The van der Waals surface area contributed by atoms with Crippen molar-refractivity contribution in [3.63, 3.8) is 0 Å². The number of fused-ring (bicyclic) bond motifs is 3. The van der Waals surface area contributed by atoms with Crippen molar-refractivity contribution in [1.29, 1.82) is 0 Å². The highest BCUT2D eigenvalue weighted by molar-refractivity contribution is 6.06. The number of carbonyl (C=O) groups is 1. The molecule has 0 saturated heterocycles. The Morgan fingerprint density at radius 1 is 1.07 bits per heavy atom. The molecule has 5 nitrogen and oxygen atoms in total. The Morgan fingerprint density at radius 3 is 2.59 bits per heavy atom. The third-order valence-electron chi connectivity index (χ3n) is 4.88. The molecule has 0 spiro atoms. The standard InChI is InChI=1S/C21H21FN4O/c1-24-21-17-9-5-6-10-18(17)26(19(21)13-23-24)15-20(27)25(12-11-22)14-16-7-3-2-4-8-16/h2-10,13H,11-12,14-15H2,1H3. The van der Waals surface area contributed by atoms with Crippen molar-refractivity contribution in [2.24, 2.45) is 7.05 Å². The number of benzene rings is 2. The van der Waals surface area contributed by atoms with Gasteiger partial charge in [-0.3, -0.25) is 9.48 Å². The lowest BCUT2D eigenvalue weighted by Gasteiger charge is -2.22. The predicted molar refractivity (Wildman–Crippen MR) is 104 cm³/mol. The fourth-order valence-electron chi connectivity index (χ4n) is 3.58. The van der Waals surface area contributed by atoms with Gasteiger partial charge in [-0.1, -0.05) is 48.5 Å². The van der Waals surface area contributed by atoms with Gasteiger partial charge in [-0.05, 0) is 11.6 Å². The van der Waals surface area contributed by atoms with Gasteiger partial charge in [-0.2, -0.15) is 5.10 Å². The van der Waals surface area contributed by atoms with Crippen LogP contribution in [0.4, 0.5) is 4.39 Å². The zero-order valence-electron chi connectivity index (χ0n) is 15.2. The Balaban J connectivity index is 1.68. The van der Waals surface area contributed by atoms with E-state index in [-0.39, 0.29) is 19.0 Å². The Kier molecular flexibility index (Phi) is 4.62. The second kappa shape index (κ2) is 7.23. The van der Waals surface area contributed by atoms with E-state index in [2.05, 4.69) is 5.10 Å². The number of aryl methyl sites for hydroxylation is 1. The molecule has 0 unspecified atom stereocenters. The highest BCUT2D eigenvalue weighted by Gasteiger charge is 2.19. The van der Waals surface area contributed by atoms with Crippen molar-refractivity contribution in [2.45, 2.75) is 13.1 Å². The normalized spacial score (nSPS) is 11.3. The predicted octanol–water partition coefficient (Wildman–Crippen LogP) is 3.53. The van der Waals surface area contributed by atoms with Crippen molar-refractivity contribution < 1.29 is 9.18 Å². The number of alkyl halides is 1. The zero-order valence-corrected chi connectivity index (χ0v) is 15.2. The molecule has 4 rings (SSSR count). The zero-order chi connectivity index (χ0) is 18.8. The lowest BCUT2D eigenvalue weighted by atomic mass is 10.2. The number of nitrogens with zero attached hydrogens (tertiary/aromatic N) is 4. The Hall–Kier alpha value is -3.15. The molecule has 0 aliphatic heterocycles. The van der Waals surface area contributed by atoms with Gasteiger partial charge < -0.3 is 9.47 Å². The van der Waals surface area contributed by atoms with Crippen molar-refractivity contribution in [2.75, 3.05) is 13.2 Å². The van der Waals surface area contributed by atoms with Gasteiger partial charge >= 0.3 is 0 Å². The summed E-state index contributed by atoms with van der Waals surface area (Å²) in [5.74, 6) is -0.108. The van der Waals surface area contributed by atoms with Gasteiger partial charge in [-0.15, -0.1) is 0 Å². The Bertz CT molecular complexity index is 1080. The van der Waals surface area contributed by atoms with E-state index in [9.17, 15) is 9.18 Å². The van der Waals surface area contributed by atoms with Gasteiger partial charge in [0.15, 0.2) is 0 Å². The first-order valence-corrected chi connectivity index (χ1v) is 8.95. The third kappa shape index (κ3) is 3.18. The largest absolute Gasteiger partial charge is 0.334 e. The van der Waals surface area contributed by atoms with Gasteiger partial charge in [0.25, 0.3) is 0 Å². The van der Waals surface area contributed by atoms with Crippen LogP contribution in [-0.4, -0.2) is 38.4 Å². The molecule has 2 aromatic heterocycles. The molecule has 0 N–H and O–H groups in total. The van der Waals surface area contributed by atoms with E-state index in [1.807, 2.05) is 70.9 Å². The van der Waals surface area contributed by atoms with Crippen LogP contribution in [0.15, 0.2) is 60.8 Å². The summed E-state index contributed by atoms with van der Waals surface area (Å²) in [6.07, 6.45) is 1.78. The number of aromatic nitrogens is 3. The quantitative estimate of drug-likeness (QED) is 0.525. The molecule has 0 saturated carbocycles. The molecule has 4 aromatic rings. The molecule has 0 bridgehead atoms. The van der Waals surface area contributed by atoms with Crippen LogP contribution < -0.4 is 0 Å². The highest BCUT2D eigenvalue weighted by Crippen LogP contribution is 2.28. The number of carbonyl (C=O) groups excluding carboxylic acids is 1. The Labute approximate surface area is 156 Å². The summed E-state index contributed by atoms with van der Waals surface area (Å²) in [5, 5.41) is 5.39. The fourth-order valence-corrected chi connectivity index (χ4v) is 3.58. The van der Waals surface area contributed by atoms with Gasteiger partial charge in [0.05, 0.1) is 22.7 Å². The minimum Gasteiger partial charge on any atom is -0.334 e. The summed E-state index contributed by atoms with van der Waals surface area (Å²) in [5.41, 5.74) is 3.88. The molecule has 0 aliphatic carbocycles. The highest BCUT2D eigenvalue weighted by atomic mass is 19.1. The van der Waals surface area contributed by atoms with E-state index in [4.69, 9.17) is 0 Å². The summed E-state index contributed by atoms with van der Waals surface area (Å²) in [4.78, 5) is 14.6. The molecule has 0 fully saturated rings. The van der Waals surface area contributed by atoms with E-state index < -0.39 is 6.67 Å². The van der Waals surface area contributed by atoms with E-state index >= 15 is 0 Å². The minimum absolute atomic E-state index is 0.0864. The lowest BCUT2D eigenvalue weighted by molar-refractivity contribution is -0.132. The van der Waals surface area contributed by atoms with Crippen molar-refractivity contribution in [1.82, 2.24) is 19.2 Å². The second-order valence-electron chi connectivity index (χ2n) is 6.60. The van der Waals surface area contributed by atoms with Crippen LogP contribution in [0, 0.1) is 0 Å². The molecule has 138 valence electrons. The minimum atomic E-state index is -0.562. The monoisotopic (exact) mass is 364 g/mol. The van der Waals surface area contributed by atoms with Crippen LogP contribution >= 0.6 is 0 Å². The molecule has 1 amide bonds. The molecule has 0 atom stereocenters. The number of halogens is 1. The molecule has 27 heavy (non-hydrogen) atoms. The number of rotatable bonds is 6. The number of hydrogen-bond acceptors (Lipinski definition) is 2. The first-order chi connectivity index (χ1) is 13.2. The Morgan fingerprint density at radius 2 is 1.81 bits per heavy atom. The van der Waals surface area contributed by atoms with E-state index in [1.165, 1.54) is 0 Å². The number of hydrogen-bond donors (Lipinski definition) is 0.